The van der Waals surface area contributed by atoms with Gasteiger partial charge >= 0.3 is 0 Å². The van der Waals surface area contributed by atoms with Crippen molar-refractivity contribution in [3.8, 4) is 11.3 Å². The van der Waals surface area contributed by atoms with Crippen LogP contribution >= 0.6 is 0 Å². The summed E-state index contributed by atoms with van der Waals surface area (Å²) in [6.07, 6.45) is 0.869. The standard InChI is InChI=1S/C26H31N5O3/c1-20-7-5-10-22(17-20)31-15-13-30(14-16-31)12-6-11-27-25(32)19-28-26(33)23-18-24(34-29-23)21-8-3-2-4-9-21/h2-5,7-10,17-18H,6,11-16,19H2,1H3,(H,27,32)(H,28,33). The number of amides is 2. The Bertz CT molecular complexity index is 1090. The molecule has 1 fully saturated rings. The summed E-state index contributed by atoms with van der Waals surface area (Å²) < 4.78 is 5.23. The van der Waals surface area contributed by atoms with Crippen molar-refractivity contribution in [2.45, 2.75) is 13.3 Å². The molecule has 0 atom stereocenters. The largest absolute Gasteiger partial charge is 0.369 e. The van der Waals surface area contributed by atoms with Crippen molar-refractivity contribution in [2.24, 2.45) is 0 Å². The maximum absolute atomic E-state index is 12.3. The number of anilines is 1. The third-order valence-corrected chi connectivity index (χ3v) is 5.92. The Morgan fingerprint density at radius 3 is 2.53 bits per heavy atom. The summed E-state index contributed by atoms with van der Waals surface area (Å²) in [6.45, 7) is 7.59. The van der Waals surface area contributed by atoms with Gasteiger partial charge in [0, 0.05) is 50.0 Å². The summed E-state index contributed by atoms with van der Waals surface area (Å²) in [5.74, 6) is -0.146. The Hall–Kier alpha value is -3.65. The molecule has 2 N–H and O–H groups in total. The van der Waals surface area contributed by atoms with E-state index in [0.29, 0.717) is 12.3 Å². The molecule has 0 bridgehead atoms. The number of carbonyl (C=O) groups is 2. The maximum atomic E-state index is 12.3. The first kappa shape index (κ1) is 23.5. The van der Waals surface area contributed by atoms with E-state index < -0.39 is 5.91 Å². The van der Waals surface area contributed by atoms with Crippen molar-refractivity contribution in [1.29, 1.82) is 0 Å². The Balaban J connectivity index is 1.10. The third-order valence-electron chi connectivity index (χ3n) is 5.92. The molecule has 0 aliphatic carbocycles. The van der Waals surface area contributed by atoms with Gasteiger partial charge in [-0.25, -0.2) is 0 Å². The van der Waals surface area contributed by atoms with Crippen molar-refractivity contribution in [2.75, 3.05) is 50.7 Å². The zero-order valence-electron chi connectivity index (χ0n) is 19.5. The minimum atomic E-state index is -0.437. The van der Waals surface area contributed by atoms with Crippen molar-refractivity contribution in [1.82, 2.24) is 20.7 Å². The number of aromatic nitrogens is 1. The molecule has 0 saturated carbocycles. The van der Waals surface area contributed by atoms with Crippen molar-refractivity contribution >= 4 is 17.5 Å². The van der Waals surface area contributed by atoms with E-state index in [-0.39, 0.29) is 18.1 Å². The zero-order valence-corrected chi connectivity index (χ0v) is 19.5. The lowest BCUT2D eigenvalue weighted by molar-refractivity contribution is -0.120. The lowest BCUT2D eigenvalue weighted by Gasteiger charge is -2.36. The van der Waals surface area contributed by atoms with Gasteiger partial charge in [-0.2, -0.15) is 0 Å². The van der Waals surface area contributed by atoms with E-state index in [9.17, 15) is 9.59 Å². The van der Waals surface area contributed by atoms with E-state index >= 15 is 0 Å². The molecule has 8 heteroatoms. The van der Waals surface area contributed by atoms with E-state index in [1.165, 1.54) is 11.3 Å². The zero-order chi connectivity index (χ0) is 23.8. The maximum Gasteiger partial charge on any atom is 0.273 e. The molecule has 1 aromatic heterocycles. The smallest absolute Gasteiger partial charge is 0.273 e. The number of benzene rings is 2. The molecule has 178 valence electrons. The molecule has 4 rings (SSSR count). The van der Waals surface area contributed by atoms with Gasteiger partial charge in [-0.3, -0.25) is 14.5 Å². The number of rotatable bonds is 9. The highest BCUT2D eigenvalue weighted by atomic mass is 16.5. The molecule has 2 heterocycles. The Labute approximate surface area is 199 Å². The molecule has 8 nitrogen and oxygen atoms in total. The predicted octanol–water partition coefficient (Wildman–Crippen LogP) is 2.71. The highest BCUT2D eigenvalue weighted by Gasteiger charge is 2.17. The molecule has 0 spiro atoms. The number of aryl methyl sites for hydroxylation is 1. The number of nitrogens with zero attached hydrogens (tertiary/aromatic N) is 3. The van der Waals surface area contributed by atoms with Crippen LogP contribution < -0.4 is 15.5 Å². The van der Waals surface area contributed by atoms with E-state index in [1.807, 2.05) is 30.3 Å². The van der Waals surface area contributed by atoms with Crippen LogP contribution in [-0.2, 0) is 4.79 Å². The van der Waals surface area contributed by atoms with Crippen molar-refractivity contribution in [3.05, 3.63) is 71.9 Å². The molecule has 1 saturated heterocycles. The summed E-state index contributed by atoms with van der Waals surface area (Å²) in [5, 5.41) is 9.25. The van der Waals surface area contributed by atoms with Crippen LogP contribution in [0.15, 0.2) is 65.2 Å². The molecule has 2 amide bonds. The number of piperazine rings is 1. The van der Waals surface area contributed by atoms with E-state index in [0.717, 1.165) is 44.7 Å². The highest BCUT2D eigenvalue weighted by molar-refractivity contribution is 5.95. The van der Waals surface area contributed by atoms with Gasteiger partial charge in [-0.15, -0.1) is 0 Å². The monoisotopic (exact) mass is 461 g/mol. The minimum Gasteiger partial charge on any atom is -0.369 e. The normalized spacial score (nSPS) is 14.1. The lowest BCUT2D eigenvalue weighted by atomic mass is 10.1. The number of carbonyl (C=O) groups excluding carboxylic acids is 2. The van der Waals surface area contributed by atoms with Gasteiger partial charge in [0.05, 0.1) is 6.54 Å². The first-order chi connectivity index (χ1) is 16.6. The van der Waals surface area contributed by atoms with Gasteiger partial charge in [0.15, 0.2) is 11.5 Å². The average Bonchev–Trinajstić information content (AvgIpc) is 3.37. The van der Waals surface area contributed by atoms with E-state index in [1.54, 1.807) is 6.07 Å². The van der Waals surface area contributed by atoms with Gasteiger partial charge < -0.3 is 20.1 Å². The van der Waals surface area contributed by atoms with Gasteiger partial charge in [0.2, 0.25) is 5.91 Å². The number of hydrogen-bond donors (Lipinski definition) is 2. The van der Waals surface area contributed by atoms with E-state index in [4.69, 9.17) is 4.52 Å². The molecule has 1 aliphatic rings. The summed E-state index contributed by atoms with van der Waals surface area (Å²) in [4.78, 5) is 29.2. The molecule has 2 aromatic carbocycles. The second-order valence-electron chi connectivity index (χ2n) is 8.50. The summed E-state index contributed by atoms with van der Waals surface area (Å²) in [6, 6.07) is 19.6. The fourth-order valence-electron chi connectivity index (χ4n) is 4.02. The van der Waals surface area contributed by atoms with Crippen LogP contribution in [-0.4, -0.2) is 67.7 Å². The van der Waals surface area contributed by atoms with E-state index in [2.05, 4.69) is 56.8 Å². The SMILES string of the molecule is Cc1cccc(N2CCN(CCCNC(=O)CNC(=O)c3cc(-c4ccccc4)on3)CC2)c1. The van der Waals surface area contributed by atoms with Crippen LogP contribution in [0, 0.1) is 6.92 Å². The molecule has 1 aliphatic heterocycles. The second-order valence-corrected chi connectivity index (χ2v) is 8.50. The summed E-state index contributed by atoms with van der Waals surface area (Å²) >= 11 is 0. The molecule has 0 unspecified atom stereocenters. The quantitative estimate of drug-likeness (QED) is 0.476. The van der Waals surface area contributed by atoms with Crippen LogP contribution in [0.5, 0.6) is 0 Å². The fraction of sp³-hybridized carbons (Fsp3) is 0.346. The van der Waals surface area contributed by atoms with Crippen molar-refractivity contribution in [3.63, 3.8) is 0 Å². The van der Waals surface area contributed by atoms with Gasteiger partial charge in [0.1, 0.15) is 0 Å². The lowest BCUT2D eigenvalue weighted by Crippen LogP contribution is -2.47. The van der Waals surface area contributed by atoms with Crippen LogP contribution in [0.2, 0.25) is 0 Å². The first-order valence-corrected chi connectivity index (χ1v) is 11.7. The van der Waals surface area contributed by atoms with Crippen LogP contribution in [0.3, 0.4) is 0 Å². The molecular formula is C26H31N5O3. The molecule has 3 aromatic rings. The van der Waals surface area contributed by atoms with Crippen LogP contribution in [0.4, 0.5) is 5.69 Å². The third kappa shape index (κ3) is 6.45. The highest BCUT2D eigenvalue weighted by Crippen LogP contribution is 2.20. The topological polar surface area (TPSA) is 90.7 Å². The summed E-state index contributed by atoms with van der Waals surface area (Å²) in [5.41, 5.74) is 3.56. The first-order valence-electron chi connectivity index (χ1n) is 11.7. The predicted molar refractivity (Wildman–Crippen MR) is 132 cm³/mol. The number of hydrogen-bond acceptors (Lipinski definition) is 6. The van der Waals surface area contributed by atoms with Gasteiger partial charge in [0.25, 0.3) is 5.91 Å². The minimum absolute atomic E-state index is 0.0957. The Kier molecular flexibility index (Phi) is 7.93. The van der Waals surface area contributed by atoms with Gasteiger partial charge in [-0.05, 0) is 37.6 Å². The molecular weight excluding hydrogens is 430 g/mol. The summed E-state index contributed by atoms with van der Waals surface area (Å²) in [7, 11) is 0. The molecule has 0 radical (unpaired) electrons. The van der Waals surface area contributed by atoms with Gasteiger partial charge in [-0.1, -0.05) is 47.6 Å². The van der Waals surface area contributed by atoms with Crippen molar-refractivity contribution < 1.29 is 14.1 Å². The molecule has 34 heavy (non-hydrogen) atoms. The number of nitrogens with one attached hydrogen (secondary N) is 2. The van der Waals surface area contributed by atoms with Crippen LogP contribution in [0.1, 0.15) is 22.5 Å². The Morgan fingerprint density at radius 2 is 1.76 bits per heavy atom. The Morgan fingerprint density at radius 1 is 0.971 bits per heavy atom. The van der Waals surface area contributed by atoms with Crippen LogP contribution in [0.25, 0.3) is 11.3 Å². The average molecular weight is 462 g/mol. The second kappa shape index (κ2) is 11.5. The fourth-order valence-corrected chi connectivity index (χ4v) is 4.02.